The molecule has 7 heteroatoms. The Hall–Kier alpha value is -4.26. The fraction of sp³-hybridized carbons (Fsp3) is 0.241. The molecule has 0 saturated heterocycles. The van der Waals surface area contributed by atoms with Gasteiger partial charge in [0.2, 0.25) is 5.91 Å². The van der Waals surface area contributed by atoms with Gasteiger partial charge in [-0.15, -0.1) is 0 Å². The second-order valence-electron chi connectivity index (χ2n) is 8.27. The molecular formula is C29H30N2O5. The zero-order valence-corrected chi connectivity index (χ0v) is 21.2. The van der Waals surface area contributed by atoms with E-state index in [1.54, 1.807) is 32.8 Å². The second kappa shape index (κ2) is 11.0. The number of aromatic nitrogens is 1. The molecule has 2 heterocycles. The summed E-state index contributed by atoms with van der Waals surface area (Å²) in [6, 6.07) is 13.4. The average molecular weight is 487 g/mol. The van der Waals surface area contributed by atoms with E-state index in [9.17, 15) is 4.79 Å². The molecule has 0 atom stereocenters. The molecule has 0 aliphatic carbocycles. The molecule has 4 rings (SSSR count). The van der Waals surface area contributed by atoms with E-state index >= 15 is 0 Å². The minimum atomic E-state index is -0.203. The van der Waals surface area contributed by atoms with Gasteiger partial charge in [-0.25, -0.2) is 0 Å². The Morgan fingerprint density at radius 1 is 1.11 bits per heavy atom. The number of ether oxygens (including phenoxy) is 3. The monoisotopic (exact) mass is 486 g/mol. The van der Waals surface area contributed by atoms with E-state index < -0.39 is 0 Å². The molecule has 0 saturated carbocycles. The minimum Gasteiger partial charge on any atom is -0.493 e. The number of rotatable bonds is 9. The molecule has 4 aromatic rings. The van der Waals surface area contributed by atoms with Gasteiger partial charge in [0, 0.05) is 34.3 Å². The lowest BCUT2D eigenvalue weighted by Gasteiger charge is -2.15. The highest BCUT2D eigenvalue weighted by Crippen LogP contribution is 2.42. The molecule has 186 valence electrons. The van der Waals surface area contributed by atoms with Crippen LogP contribution in [0.1, 0.15) is 30.7 Å². The van der Waals surface area contributed by atoms with Crippen LogP contribution in [0, 0.1) is 6.92 Å². The van der Waals surface area contributed by atoms with Gasteiger partial charge in [-0.3, -0.25) is 9.78 Å². The quantitative estimate of drug-likeness (QED) is 0.295. The summed E-state index contributed by atoms with van der Waals surface area (Å²) in [7, 11) is 3.22. The van der Waals surface area contributed by atoms with Crippen LogP contribution >= 0.6 is 0 Å². The number of hydrogen-bond donors (Lipinski definition) is 1. The molecule has 0 fully saturated rings. The molecule has 1 amide bonds. The van der Waals surface area contributed by atoms with Crippen LogP contribution in [0.25, 0.3) is 27.7 Å². The molecule has 0 bridgehead atoms. The number of methoxy groups -OCH3 is 2. The van der Waals surface area contributed by atoms with Crippen LogP contribution in [0.15, 0.2) is 65.4 Å². The predicted octanol–water partition coefficient (Wildman–Crippen LogP) is 5.94. The maximum atomic E-state index is 12.7. The highest BCUT2D eigenvalue weighted by molar-refractivity contribution is 6.01. The third kappa shape index (κ3) is 5.05. The molecule has 2 aromatic carbocycles. The third-order valence-electron chi connectivity index (χ3n) is 5.97. The van der Waals surface area contributed by atoms with Gasteiger partial charge in [-0.2, -0.15) is 0 Å². The fourth-order valence-electron chi connectivity index (χ4n) is 4.17. The number of hydrogen-bond acceptors (Lipinski definition) is 6. The van der Waals surface area contributed by atoms with E-state index in [-0.39, 0.29) is 5.91 Å². The summed E-state index contributed by atoms with van der Waals surface area (Å²) in [4.78, 5) is 16.9. The average Bonchev–Trinajstić information content (AvgIpc) is 3.33. The van der Waals surface area contributed by atoms with Crippen molar-refractivity contribution in [2.75, 3.05) is 20.8 Å². The molecule has 7 nitrogen and oxygen atoms in total. The Balaban J connectivity index is 1.74. The summed E-state index contributed by atoms with van der Waals surface area (Å²) >= 11 is 0. The fourth-order valence-corrected chi connectivity index (χ4v) is 4.17. The van der Waals surface area contributed by atoms with Crippen molar-refractivity contribution in [2.24, 2.45) is 0 Å². The van der Waals surface area contributed by atoms with E-state index in [0.717, 1.165) is 44.5 Å². The minimum absolute atomic E-state index is 0.203. The van der Waals surface area contributed by atoms with Gasteiger partial charge in [0.15, 0.2) is 11.5 Å². The Kier molecular flexibility index (Phi) is 7.59. The summed E-state index contributed by atoms with van der Waals surface area (Å²) in [5, 5.41) is 3.81. The van der Waals surface area contributed by atoms with Crippen LogP contribution < -0.4 is 19.5 Å². The predicted molar refractivity (Wildman–Crippen MR) is 140 cm³/mol. The normalized spacial score (nSPS) is 11.4. The number of pyridine rings is 1. The Bertz CT molecular complexity index is 1410. The zero-order valence-electron chi connectivity index (χ0n) is 21.2. The van der Waals surface area contributed by atoms with E-state index in [0.29, 0.717) is 30.4 Å². The lowest BCUT2D eigenvalue weighted by atomic mass is 9.96. The van der Waals surface area contributed by atoms with Crippen LogP contribution in [0.5, 0.6) is 17.2 Å². The highest BCUT2D eigenvalue weighted by Gasteiger charge is 2.20. The molecule has 0 unspecified atom stereocenters. The maximum absolute atomic E-state index is 12.7. The van der Waals surface area contributed by atoms with E-state index in [1.165, 1.54) is 0 Å². The van der Waals surface area contributed by atoms with Crippen molar-refractivity contribution >= 4 is 22.4 Å². The molecule has 36 heavy (non-hydrogen) atoms. The molecule has 2 aromatic heterocycles. The summed E-state index contributed by atoms with van der Waals surface area (Å²) < 4.78 is 22.9. The van der Waals surface area contributed by atoms with Crippen LogP contribution in [0.3, 0.4) is 0 Å². The van der Waals surface area contributed by atoms with Crippen LogP contribution in [-0.2, 0) is 11.3 Å². The van der Waals surface area contributed by atoms with Gasteiger partial charge < -0.3 is 23.9 Å². The van der Waals surface area contributed by atoms with Gasteiger partial charge in [0.1, 0.15) is 11.3 Å². The van der Waals surface area contributed by atoms with Gasteiger partial charge in [0.25, 0.3) is 0 Å². The van der Waals surface area contributed by atoms with Crippen molar-refractivity contribution in [3.05, 3.63) is 77.8 Å². The maximum Gasteiger partial charge on any atom is 0.244 e. The van der Waals surface area contributed by atoms with Gasteiger partial charge >= 0.3 is 0 Å². The van der Waals surface area contributed by atoms with Crippen molar-refractivity contribution < 1.29 is 23.4 Å². The first kappa shape index (κ1) is 24.9. The first-order chi connectivity index (χ1) is 17.5. The summed E-state index contributed by atoms with van der Waals surface area (Å²) in [6.07, 6.45) is 5.02. The number of amides is 1. The summed E-state index contributed by atoms with van der Waals surface area (Å²) in [5.41, 5.74) is 5.85. The van der Waals surface area contributed by atoms with Crippen molar-refractivity contribution in [3.63, 3.8) is 0 Å². The highest BCUT2D eigenvalue weighted by atomic mass is 16.5. The Labute approximate surface area is 210 Å². The summed E-state index contributed by atoms with van der Waals surface area (Å²) in [5.74, 6) is 1.78. The third-order valence-corrected chi connectivity index (χ3v) is 5.97. The van der Waals surface area contributed by atoms with Gasteiger partial charge in [-0.05, 0) is 62.2 Å². The van der Waals surface area contributed by atoms with Crippen molar-refractivity contribution in [3.8, 4) is 28.4 Å². The number of carbonyl (C=O) groups is 1. The zero-order chi connectivity index (χ0) is 25.7. The SMILES string of the molecule is CCOc1c(/C(C)=C/C(=O)NCc2ccccn2)cc2c(-c3ccc(OC)c(OC)c3)coc2c1C. The number of carbonyl (C=O) groups excluding carboxylic acids is 1. The number of nitrogens with one attached hydrogen (secondary N) is 1. The van der Waals surface area contributed by atoms with E-state index in [1.807, 2.05) is 63.2 Å². The molecule has 0 aliphatic rings. The Morgan fingerprint density at radius 2 is 1.92 bits per heavy atom. The lowest BCUT2D eigenvalue weighted by molar-refractivity contribution is -0.116. The number of allylic oxidation sites excluding steroid dienone is 1. The number of fused-ring (bicyclic) bond motifs is 1. The number of nitrogens with zero attached hydrogens (tertiary/aromatic N) is 1. The number of aryl methyl sites for hydroxylation is 1. The van der Waals surface area contributed by atoms with Crippen LogP contribution in [-0.4, -0.2) is 31.7 Å². The first-order valence-electron chi connectivity index (χ1n) is 11.7. The summed E-state index contributed by atoms with van der Waals surface area (Å²) in [6.45, 7) is 6.64. The van der Waals surface area contributed by atoms with E-state index in [2.05, 4.69) is 10.3 Å². The number of benzene rings is 2. The lowest BCUT2D eigenvalue weighted by Crippen LogP contribution is -2.21. The largest absolute Gasteiger partial charge is 0.493 e. The molecule has 0 radical (unpaired) electrons. The second-order valence-corrected chi connectivity index (χ2v) is 8.27. The molecular weight excluding hydrogens is 456 g/mol. The van der Waals surface area contributed by atoms with Crippen molar-refractivity contribution in [1.29, 1.82) is 0 Å². The molecule has 1 N–H and O–H groups in total. The Morgan fingerprint density at radius 3 is 2.61 bits per heavy atom. The van der Waals surface area contributed by atoms with Crippen LogP contribution in [0.4, 0.5) is 0 Å². The van der Waals surface area contributed by atoms with Crippen molar-refractivity contribution in [1.82, 2.24) is 10.3 Å². The van der Waals surface area contributed by atoms with Gasteiger partial charge in [0.05, 0.1) is 39.3 Å². The standard InChI is InChI=1S/C29H30N2O5/c1-6-35-28-19(3)29-23(24(17-36-29)20-10-11-25(33-4)26(14-20)34-5)15-22(28)18(2)13-27(32)31-16-21-9-7-8-12-30-21/h7-15,17H,6,16H2,1-5H3,(H,31,32)/b18-13+. The first-order valence-corrected chi connectivity index (χ1v) is 11.7. The van der Waals surface area contributed by atoms with E-state index in [4.69, 9.17) is 18.6 Å². The molecule has 0 spiro atoms. The van der Waals surface area contributed by atoms with Crippen LogP contribution in [0.2, 0.25) is 0 Å². The smallest absolute Gasteiger partial charge is 0.244 e. The van der Waals surface area contributed by atoms with Gasteiger partial charge in [-0.1, -0.05) is 12.1 Å². The number of furan rings is 1. The topological polar surface area (TPSA) is 82.8 Å². The molecule has 0 aliphatic heterocycles. The van der Waals surface area contributed by atoms with Crippen molar-refractivity contribution in [2.45, 2.75) is 27.3 Å².